The van der Waals surface area contributed by atoms with Crippen LogP contribution in [0, 0.1) is 0 Å². The summed E-state index contributed by atoms with van der Waals surface area (Å²) in [6.07, 6.45) is 1.30. The molecule has 1 rings (SSSR count). The summed E-state index contributed by atoms with van der Waals surface area (Å²) in [5.74, 6) is -1.93. The van der Waals surface area contributed by atoms with Crippen molar-refractivity contribution in [3.63, 3.8) is 0 Å². The van der Waals surface area contributed by atoms with E-state index in [0.717, 1.165) is 12.8 Å². The van der Waals surface area contributed by atoms with Crippen LogP contribution in [-0.4, -0.2) is 79.3 Å². The number of aliphatic carboxylic acids is 1. The van der Waals surface area contributed by atoms with Crippen LogP contribution in [0.3, 0.4) is 0 Å². The van der Waals surface area contributed by atoms with Crippen LogP contribution in [0.4, 0.5) is 4.79 Å². The van der Waals surface area contributed by atoms with E-state index in [1.807, 2.05) is 14.1 Å². The molecule has 0 spiro atoms. The van der Waals surface area contributed by atoms with Crippen molar-refractivity contribution in [1.82, 2.24) is 15.1 Å². The lowest BCUT2D eigenvalue weighted by molar-refractivity contribution is -0.147. The van der Waals surface area contributed by atoms with Crippen molar-refractivity contribution in [3.05, 3.63) is 0 Å². The van der Waals surface area contributed by atoms with Crippen molar-refractivity contribution in [2.75, 3.05) is 34.3 Å². The number of amides is 2. The maximum atomic E-state index is 12.0. The van der Waals surface area contributed by atoms with Gasteiger partial charge < -0.3 is 25.0 Å². The van der Waals surface area contributed by atoms with Crippen LogP contribution >= 0.6 is 0 Å². The quantitative estimate of drug-likeness (QED) is 0.679. The smallest absolute Gasteiger partial charge is 0.326 e. The first kappa shape index (κ1) is 17.2. The van der Waals surface area contributed by atoms with Crippen molar-refractivity contribution in [1.29, 1.82) is 0 Å². The number of carbonyl (C=O) groups excluding carboxylic acids is 2. The fraction of sp³-hybridized carbons (Fsp3) is 0.769. The largest absolute Gasteiger partial charge is 0.480 e. The standard InChI is InChI=1S/C13H23N3O5/c1-15(2)9-4-6-16(7-5-9)13(20)14-10(12(18)19)8-11(17)21-3/h9-10H,4-8H2,1-3H3,(H,14,20)(H,18,19)/t10-/m0/s1. The van der Waals surface area contributed by atoms with Crippen LogP contribution < -0.4 is 5.32 Å². The number of rotatable bonds is 5. The van der Waals surface area contributed by atoms with E-state index in [0.29, 0.717) is 19.1 Å². The Bertz CT molecular complexity index is 391. The summed E-state index contributed by atoms with van der Waals surface area (Å²) in [6.45, 7) is 1.14. The van der Waals surface area contributed by atoms with Crippen LogP contribution in [-0.2, 0) is 14.3 Å². The van der Waals surface area contributed by atoms with Gasteiger partial charge in [-0.3, -0.25) is 4.79 Å². The van der Waals surface area contributed by atoms with E-state index in [4.69, 9.17) is 5.11 Å². The zero-order valence-electron chi connectivity index (χ0n) is 12.7. The van der Waals surface area contributed by atoms with Gasteiger partial charge in [0.05, 0.1) is 13.5 Å². The van der Waals surface area contributed by atoms with Crippen molar-refractivity contribution in [2.45, 2.75) is 31.3 Å². The number of ether oxygens (including phenoxy) is 1. The molecule has 0 aromatic heterocycles. The monoisotopic (exact) mass is 301 g/mol. The van der Waals surface area contributed by atoms with Crippen LogP contribution in [0.5, 0.6) is 0 Å². The van der Waals surface area contributed by atoms with Crippen molar-refractivity contribution >= 4 is 18.0 Å². The van der Waals surface area contributed by atoms with E-state index in [1.54, 1.807) is 4.90 Å². The maximum absolute atomic E-state index is 12.0. The highest BCUT2D eigenvalue weighted by molar-refractivity contribution is 5.86. The van der Waals surface area contributed by atoms with Gasteiger partial charge in [0, 0.05) is 19.1 Å². The first-order valence-electron chi connectivity index (χ1n) is 6.86. The number of urea groups is 1. The zero-order chi connectivity index (χ0) is 16.0. The molecule has 21 heavy (non-hydrogen) atoms. The minimum Gasteiger partial charge on any atom is -0.480 e. The van der Waals surface area contributed by atoms with E-state index < -0.39 is 24.0 Å². The second-order valence-corrected chi connectivity index (χ2v) is 5.30. The summed E-state index contributed by atoms with van der Waals surface area (Å²) in [6, 6.07) is -1.29. The van der Waals surface area contributed by atoms with Gasteiger partial charge in [0.1, 0.15) is 6.04 Å². The van der Waals surface area contributed by atoms with Crippen molar-refractivity contribution < 1.29 is 24.2 Å². The molecule has 8 heteroatoms. The van der Waals surface area contributed by atoms with Gasteiger partial charge in [-0.2, -0.15) is 0 Å². The fourth-order valence-corrected chi connectivity index (χ4v) is 2.28. The highest BCUT2D eigenvalue weighted by Gasteiger charge is 2.28. The molecule has 120 valence electrons. The van der Waals surface area contributed by atoms with Gasteiger partial charge in [-0.25, -0.2) is 9.59 Å². The Balaban J connectivity index is 2.51. The van der Waals surface area contributed by atoms with Crippen LogP contribution in [0.15, 0.2) is 0 Å². The van der Waals surface area contributed by atoms with Crippen molar-refractivity contribution in [2.24, 2.45) is 0 Å². The highest BCUT2D eigenvalue weighted by atomic mass is 16.5. The zero-order valence-corrected chi connectivity index (χ0v) is 12.7. The summed E-state index contributed by atoms with van der Waals surface area (Å²) < 4.78 is 4.43. The van der Waals surface area contributed by atoms with E-state index in [1.165, 1.54) is 7.11 Å². The lowest BCUT2D eigenvalue weighted by Crippen LogP contribution is -2.52. The van der Waals surface area contributed by atoms with Gasteiger partial charge in [0.15, 0.2) is 0 Å². The molecule has 1 saturated heterocycles. The number of carboxylic acid groups (broad SMARTS) is 1. The molecule has 0 unspecified atom stereocenters. The number of carbonyl (C=O) groups is 3. The first-order valence-corrected chi connectivity index (χ1v) is 6.86. The number of nitrogens with zero attached hydrogens (tertiary/aromatic N) is 2. The van der Waals surface area contributed by atoms with E-state index in [2.05, 4.69) is 15.0 Å². The molecule has 2 amide bonds. The summed E-state index contributed by atoms with van der Waals surface area (Å²) in [5.41, 5.74) is 0. The van der Waals surface area contributed by atoms with E-state index in [-0.39, 0.29) is 6.42 Å². The second-order valence-electron chi connectivity index (χ2n) is 5.30. The molecule has 0 aromatic carbocycles. The summed E-state index contributed by atoms with van der Waals surface area (Å²) in [4.78, 5) is 37.9. The van der Waals surface area contributed by atoms with Crippen molar-refractivity contribution in [3.8, 4) is 0 Å². The number of hydrogen-bond acceptors (Lipinski definition) is 5. The van der Waals surface area contributed by atoms with Gasteiger partial charge in [0.25, 0.3) is 0 Å². The molecule has 0 saturated carbocycles. The average molecular weight is 301 g/mol. The van der Waals surface area contributed by atoms with Gasteiger partial charge in [0.2, 0.25) is 0 Å². The second kappa shape index (κ2) is 7.82. The summed E-state index contributed by atoms with van der Waals surface area (Å²) in [5, 5.41) is 11.4. The molecule has 1 heterocycles. The molecule has 8 nitrogen and oxygen atoms in total. The molecule has 0 aromatic rings. The third-order valence-corrected chi connectivity index (χ3v) is 3.68. The van der Waals surface area contributed by atoms with Gasteiger partial charge in [-0.1, -0.05) is 0 Å². The van der Waals surface area contributed by atoms with Crippen LogP contribution in [0.2, 0.25) is 0 Å². The number of carboxylic acids is 1. The Morgan fingerprint density at radius 1 is 1.33 bits per heavy atom. The van der Waals surface area contributed by atoms with E-state index in [9.17, 15) is 14.4 Å². The van der Waals surface area contributed by atoms with Crippen LogP contribution in [0.25, 0.3) is 0 Å². The Morgan fingerprint density at radius 3 is 2.33 bits per heavy atom. The Labute approximate surface area is 124 Å². The molecule has 1 aliphatic rings. The van der Waals surface area contributed by atoms with Crippen LogP contribution in [0.1, 0.15) is 19.3 Å². The number of esters is 1. The van der Waals surface area contributed by atoms with Gasteiger partial charge in [-0.15, -0.1) is 0 Å². The van der Waals surface area contributed by atoms with Gasteiger partial charge in [-0.05, 0) is 26.9 Å². The third kappa shape index (κ3) is 5.22. The Kier molecular flexibility index (Phi) is 6.41. The fourth-order valence-electron chi connectivity index (χ4n) is 2.28. The highest BCUT2D eigenvalue weighted by Crippen LogP contribution is 2.14. The molecular weight excluding hydrogens is 278 g/mol. The SMILES string of the molecule is COC(=O)C[C@H](NC(=O)N1CCC(N(C)C)CC1)C(=O)O. The number of nitrogens with one attached hydrogen (secondary N) is 1. The molecule has 0 radical (unpaired) electrons. The van der Waals surface area contributed by atoms with E-state index >= 15 is 0 Å². The molecular formula is C13H23N3O5. The lowest BCUT2D eigenvalue weighted by atomic mass is 10.0. The van der Waals surface area contributed by atoms with Gasteiger partial charge >= 0.3 is 18.0 Å². The topological polar surface area (TPSA) is 99.2 Å². The number of piperidine rings is 1. The molecule has 0 bridgehead atoms. The molecule has 1 atom stereocenters. The number of methoxy groups -OCH3 is 1. The average Bonchev–Trinajstić information content (AvgIpc) is 2.46. The Morgan fingerprint density at radius 2 is 1.90 bits per heavy atom. The maximum Gasteiger partial charge on any atom is 0.326 e. The number of likely N-dealkylation sites (tertiary alicyclic amines) is 1. The molecule has 1 aliphatic heterocycles. The molecule has 1 fully saturated rings. The minimum atomic E-state index is -1.27. The number of hydrogen-bond donors (Lipinski definition) is 2. The summed E-state index contributed by atoms with van der Waals surface area (Å²) >= 11 is 0. The Hall–Kier alpha value is -1.83. The predicted octanol–water partition coefficient (Wildman–Crippen LogP) is -0.262. The molecule has 0 aliphatic carbocycles. The normalized spacial score (nSPS) is 17.4. The minimum absolute atomic E-state index is 0.383. The molecule has 2 N–H and O–H groups in total. The first-order chi connectivity index (χ1) is 9.85. The third-order valence-electron chi connectivity index (χ3n) is 3.68. The lowest BCUT2D eigenvalue weighted by Gasteiger charge is -2.35. The predicted molar refractivity (Wildman–Crippen MR) is 74.9 cm³/mol. The summed E-state index contributed by atoms with van der Waals surface area (Å²) in [7, 11) is 5.17.